The molecule has 1 aliphatic rings. The average molecular weight is 358 g/mol. The fourth-order valence-corrected chi connectivity index (χ4v) is 4.18. The van der Waals surface area contributed by atoms with Crippen molar-refractivity contribution >= 4 is 17.4 Å². The summed E-state index contributed by atoms with van der Waals surface area (Å²) in [5.74, 6) is 0.674. The van der Waals surface area contributed by atoms with Crippen LogP contribution in [0.2, 0.25) is 0 Å². The molecule has 1 aromatic carbocycles. The number of carbonyl (C=O) groups is 1. The minimum Gasteiger partial charge on any atom is -0.336 e. The van der Waals surface area contributed by atoms with Crippen LogP contribution in [0.25, 0.3) is 0 Å². The number of hydrogen-bond donors (Lipinski definition) is 2. The van der Waals surface area contributed by atoms with E-state index in [1.54, 1.807) is 11.3 Å². The lowest BCUT2D eigenvalue weighted by Gasteiger charge is -2.29. The first-order chi connectivity index (χ1) is 11.9. The molecule has 1 atom stereocenters. The van der Waals surface area contributed by atoms with Crippen molar-refractivity contribution in [2.24, 2.45) is 0 Å². The summed E-state index contributed by atoms with van der Waals surface area (Å²) >= 11 is 1.71. The van der Waals surface area contributed by atoms with Gasteiger partial charge < -0.3 is 10.6 Å². The van der Waals surface area contributed by atoms with Crippen LogP contribution in [-0.4, -0.2) is 17.1 Å². The van der Waals surface area contributed by atoms with E-state index >= 15 is 0 Å². The van der Waals surface area contributed by atoms with Crippen molar-refractivity contribution in [3.05, 3.63) is 52.0 Å². The smallest absolute Gasteiger partial charge is 0.315 e. The van der Waals surface area contributed by atoms with Crippen LogP contribution in [0.5, 0.6) is 0 Å². The maximum Gasteiger partial charge on any atom is 0.315 e. The molecule has 2 N–H and O–H groups in total. The molecule has 2 aromatic rings. The van der Waals surface area contributed by atoms with Crippen molar-refractivity contribution in [3.63, 3.8) is 0 Å². The SMILES string of the molecule is CC(CC(C)(C)c1ccccc1)NC(=O)NCc1csc(C2CC2)n1. The second-order valence-electron chi connectivity index (χ2n) is 7.63. The fourth-order valence-electron chi connectivity index (χ4n) is 3.19. The van der Waals surface area contributed by atoms with Crippen LogP contribution < -0.4 is 10.6 Å². The highest BCUT2D eigenvalue weighted by Gasteiger charge is 2.27. The van der Waals surface area contributed by atoms with Crippen molar-refractivity contribution in [3.8, 4) is 0 Å². The van der Waals surface area contributed by atoms with E-state index in [2.05, 4.69) is 66.0 Å². The number of nitrogens with zero attached hydrogens (tertiary/aromatic N) is 1. The van der Waals surface area contributed by atoms with Gasteiger partial charge in [0.15, 0.2) is 0 Å². The lowest BCUT2D eigenvalue weighted by molar-refractivity contribution is 0.234. The van der Waals surface area contributed by atoms with Crippen LogP contribution in [0.1, 0.15) is 62.2 Å². The van der Waals surface area contributed by atoms with Gasteiger partial charge in [-0.2, -0.15) is 0 Å². The minimum atomic E-state index is -0.127. The van der Waals surface area contributed by atoms with Gasteiger partial charge in [-0.3, -0.25) is 0 Å². The molecule has 5 heteroatoms. The summed E-state index contributed by atoms with van der Waals surface area (Å²) in [4.78, 5) is 16.8. The molecular weight excluding hydrogens is 330 g/mol. The van der Waals surface area contributed by atoms with E-state index in [0.717, 1.165) is 12.1 Å². The van der Waals surface area contributed by atoms with E-state index in [9.17, 15) is 4.79 Å². The molecule has 1 heterocycles. The zero-order valence-electron chi connectivity index (χ0n) is 15.2. The monoisotopic (exact) mass is 357 g/mol. The Kier molecular flexibility index (Phi) is 5.42. The molecule has 134 valence electrons. The Morgan fingerprint density at radius 2 is 2.04 bits per heavy atom. The first kappa shape index (κ1) is 17.9. The molecule has 1 saturated carbocycles. The van der Waals surface area contributed by atoms with Gasteiger partial charge in [0.2, 0.25) is 0 Å². The molecule has 0 saturated heterocycles. The number of rotatable bonds is 7. The maximum atomic E-state index is 12.2. The van der Waals surface area contributed by atoms with Crippen LogP contribution in [0.4, 0.5) is 4.79 Å². The Morgan fingerprint density at radius 3 is 2.72 bits per heavy atom. The third-order valence-corrected chi connectivity index (χ3v) is 5.73. The average Bonchev–Trinajstić information content (AvgIpc) is 3.32. The molecule has 2 amide bonds. The van der Waals surface area contributed by atoms with E-state index < -0.39 is 0 Å². The summed E-state index contributed by atoms with van der Waals surface area (Å²) in [7, 11) is 0. The Morgan fingerprint density at radius 1 is 1.32 bits per heavy atom. The van der Waals surface area contributed by atoms with Crippen molar-refractivity contribution in [1.29, 1.82) is 0 Å². The third-order valence-electron chi connectivity index (χ3n) is 4.68. The summed E-state index contributed by atoms with van der Waals surface area (Å²) in [5.41, 5.74) is 2.26. The standard InChI is InChI=1S/C20H27N3OS/c1-14(11-20(2,3)16-7-5-4-6-8-16)22-19(24)21-12-17-13-25-18(23-17)15-9-10-15/h4-8,13-15H,9-12H2,1-3H3,(H2,21,22,24). The minimum absolute atomic E-state index is 0.0159. The van der Waals surface area contributed by atoms with Crippen LogP contribution in [0, 0.1) is 0 Å². The molecule has 0 bridgehead atoms. The summed E-state index contributed by atoms with van der Waals surface area (Å²) in [5, 5.41) is 9.23. The highest BCUT2D eigenvalue weighted by Crippen LogP contribution is 2.41. The van der Waals surface area contributed by atoms with Crippen molar-refractivity contribution < 1.29 is 4.79 Å². The lowest BCUT2D eigenvalue weighted by Crippen LogP contribution is -2.42. The number of nitrogens with one attached hydrogen (secondary N) is 2. The molecular formula is C20H27N3OS. The van der Waals surface area contributed by atoms with E-state index in [1.165, 1.54) is 23.4 Å². The first-order valence-corrected chi connectivity index (χ1v) is 9.86. The van der Waals surface area contributed by atoms with E-state index in [1.807, 2.05) is 6.07 Å². The molecule has 25 heavy (non-hydrogen) atoms. The molecule has 0 radical (unpaired) electrons. The van der Waals surface area contributed by atoms with Gasteiger partial charge in [0.1, 0.15) is 0 Å². The Balaban J connectivity index is 1.45. The van der Waals surface area contributed by atoms with Gasteiger partial charge in [0.25, 0.3) is 0 Å². The first-order valence-electron chi connectivity index (χ1n) is 8.98. The largest absolute Gasteiger partial charge is 0.336 e. The van der Waals surface area contributed by atoms with E-state index in [4.69, 9.17) is 0 Å². The summed E-state index contributed by atoms with van der Waals surface area (Å²) in [6, 6.07) is 10.4. The lowest BCUT2D eigenvalue weighted by atomic mass is 9.79. The highest BCUT2D eigenvalue weighted by atomic mass is 32.1. The van der Waals surface area contributed by atoms with Gasteiger partial charge in [0.05, 0.1) is 17.2 Å². The van der Waals surface area contributed by atoms with Gasteiger partial charge >= 0.3 is 6.03 Å². The number of thiazole rings is 1. The van der Waals surface area contributed by atoms with Crippen molar-refractivity contribution in [1.82, 2.24) is 15.6 Å². The highest BCUT2D eigenvalue weighted by molar-refractivity contribution is 7.09. The summed E-state index contributed by atoms with van der Waals surface area (Å²) in [6.07, 6.45) is 3.40. The predicted octanol–water partition coefficient (Wildman–Crippen LogP) is 4.58. The molecule has 3 rings (SSSR count). The molecule has 4 nitrogen and oxygen atoms in total. The zero-order chi connectivity index (χ0) is 17.9. The van der Waals surface area contributed by atoms with Crippen LogP contribution >= 0.6 is 11.3 Å². The maximum absolute atomic E-state index is 12.2. The second-order valence-corrected chi connectivity index (χ2v) is 8.52. The second kappa shape index (κ2) is 7.56. The number of amides is 2. The summed E-state index contributed by atoms with van der Waals surface area (Å²) in [6.45, 7) is 6.97. The van der Waals surface area contributed by atoms with Crippen LogP contribution in [0.15, 0.2) is 35.7 Å². The number of benzene rings is 1. The Bertz CT molecular complexity index is 707. The molecule has 1 fully saturated rings. The zero-order valence-corrected chi connectivity index (χ0v) is 16.0. The third kappa shape index (κ3) is 5.05. The number of hydrogen-bond acceptors (Lipinski definition) is 3. The van der Waals surface area contributed by atoms with Crippen LogP contribution in [0.3, 0.4) is 0 Å². The molecule has 1 unspecified atom stereocenters. The van der Waals surface area contributed by atoms with Crippen molar-refractivity contribution in [2.75, 3.05) is 0 Å². The Hall–Kier alpha value is -1.88. The molecule has 0 spiro atoms. The fraction of sp³-hybridized carbons (Fsp3) is 0.500. The quantitative estimate of drug-likeness (QED) is 0.762. The number of urea groups is 1. The van der Waals surface area contributed by atoms with E-state index in [-0.39, 0.29) is 17.5 Å². The van der Waals surface area contributed by atoms with Gasteiger partial charge in [0, 0.05) is 17.3 Å². The number of carbonyl (C=O) groups excluding carboxylic acids is 1. The van der Waals surface area contributed by atoms with Gasteiger partial charge in [-0.1, -0.05) is 44.2 Å². The van der Waals surface area contributed by atoms with Gasteiger partial charge in [-0.25, -0.2) is 9.78 Å². The van der Waals surface area contributed by atoms with Gasteiger partial charge in [-0.05, 0) is 37.2 Å². The van der Waals surface area contributed by atoms with Gasteiger partial charge in [-0.15, -0.1) is 11.3 Å². The molecule has 1 aromatic heterocycles. The topological polar surface area (TPSA) is 54.0 Å². The molecule has 0 aliphatic heterocycles. The van der Waals surface area contributed by atoms with E-state index in [0.29, 0.717) is 12.5 Å². The normalized spacial score (nSPS) is 15.6. The Labute approximate surface area is 154 Å². The predicted molar refractivity (Wildman–Crippen MR) is 103 cm³/mol. The molecule has 1 aliphatic carbocycles. The number of aromatic nitrogens is 1. The van der Waals surface area contributed by atoms with Crippen LogP contribution in [-0.2, 0) is 12.0 Å². The van der Waals surface area contributed by atoms with Crippen molar-refractivity contribution in [2.45, 2.75) is 64.0 Å². The summed E-state index contributed by atoms with van der Waals surface area (Å²) < 4.78 is 0.